The van der Waals surface area contributed by atoms with Crippen molar-refractivity contribution < 1.29 is 4.74 Å². The van der Waals surface area contributed by atoms with Crippen LogP contribution in [-0.4, -0.2) is 0 Å². The zero-order valence-corrected chi connectivity index (χ0v) is 14.9. The molecule has 0 aromatic heterocycles. The molecule has 0 heterocycles. The maximum absolute atomic E-state index is 8.79. The van der Waals surface area contributed by atoms with Crippen molar-refractivity contribution in [2.45, 2.75) is 90.4 Å². The highest BCUT2D eigenvalue weighted by Crippen LogP contribution is 2.34. The van der Waals surface area contributed by atoms with Crippen molar-refractivity contribution >= 4 is 0 Å². The van der Waals surface area contributed by atoms with E-state index in [0.29, 0.717) is 5.92 Å². The molecule has 2 nitrogen and oxygen atoms in total. The van der Waals surface area contributed by atoms with E-state index >= 15 is 0 Å². The molecule has 0 saturated heterocycles. The molecule has 0 unspecified atom stereocenters. The van der Waals surface area contributed by atoms with Crippen LogP contribution in [0.5, 0.6) is 5.75 Å². The predicted octanol–water partition coefficient (Wildman–Crippen LogP) is 6.55. The van der Waals surface area contributed by atoms with Crippen molar-refractivity contribution in [3.63, 3.8) is 0 Å². The van der Waals surface area contributed by atoms with Crippen LogP contribution in [0.25, 0.3) is 0 Å². The topological polar surface area (TPSA) is 33.0 Å². The van der Waals surface area contributed by atoms with Gasteiger partial charge in [0, 0.05) is 0 Å². The predicted molar refractivity (Wildman–Crippen MR) is 95.7 cm³/mol. The largest absolute Gasteiger partial charge is 0.387 e. The van der Waals surface area contributed by atoms with E-state index in [2.05, 4.69) is 26.0 Å². The summed E-state index contributed by atoms with van der Waals surface area (Å²) in [7, 11) is 0. The van der Waals surface area contributed by atoms with Gasteiger partial charge in [-0.3, -0.25) is 0 Å². The Balaban J connectivity index is 2.10. The molecule has 2 rings (SSSR count). The Labute approximate surface area is 141 Å². The number of rotatable bonds is 2. The number of hydrogen-bond acceptors (Lipinski definition) is 2. The Morgan fingerprint density at radius 2 is 1.26 bits per heavy atom. The Morgan fingerprint density at radius 1 is 0.826 bits per heavy atom. The molecule has 0 amide bonds. The molecule has 1 aromatic carbocycles. The van der Waals surface area contributed by atoms with E-state index in [1.54, 1.807) is 0 Å². The summed E-state index contributed by atoms with van der Waals surface area (Å²) in [5, 5.41) is 8.79. The third-order valence-corrected chi connectivity index (χ3v) is 5.21. The van der Waals surface area contributed by atoms with Gasteiger partial charge in [-0.05, 0) is 49.3 Å². The Hall–Kier alpha value is -1.49. The van der Waals surface area contributed by atoms with Crippen LogP contribution in [-0.2, 0) is 0 Å². The maximum atomic E-state index is 8.79. The van der Waals surface area contributed by atoms with Crippen LogP contribution in [0.2, 0.25) is 0 Å². The number of ether oxygens (including phenoxy) is 1. The average molecular weight is 313 g/mol. The second kappa shape index (κ2) is 9.60. The molecule has 0 atom stereocenters. The summed E-state index contributed by atoms with van der Waals surface area (Å²) in [5.41, 5.74) is 3.63. The average Bonchev–Trinajstić information content (AvgIpc) is 2.51. The first-order valence-electron chi connectivity index (χ1n) is 9.39. The smallest absolute Gasteiger partial charge is 0.292 e. The monoisotopic (exact) mass is 313 g/mol. The van der Waals surface area contributed by atoms with Gasteiger partial charge in [-0.15, -0.1) is 5.26 Å². The summed E-state index contributed by atoms with van der Waals surface area (Å²) < 4.78 is 5.13. The van der Waals surface area contributed by atoms with Gasteiger partial charge in [0.2, 0.25) is 0 Å². The SMILES string of the molecule is Cc1cc(C2CCCCCCCCCCC2)cc(C)c1OC#N. The number of benzene rings is 1. The van der Waals surface area contributed by atoms with Crippen molar-refractivity contribution in [1.82, 2.24) is 0 Å². The summed E-state index contributed by atoms with van der Waals surface area (Å²) in [6.45, 7) is 4.11. The van der Waals surface area contributed by atoms with E-state index in [4.69, 9.17) is 10.00 Å². The number of aryl methyl sites for hydroxylation is 2. The van der Waals surface area contributed by atoms with Crippen LogP contribution in [0.15, 0.2) is 12.1 Å². The first kappa shape index (κ1) is 17.9. The fourth-order valence-corrected chi connectivity index (χ4v) is 3.92. The normalized spacial score (nSPS) is 18.5. The third kappa shape index (κ3) is 5.57. The summed E-state index contributed by atoms with van der Waals surface area (Å²) >= 11 is 0. The maximum Gasteiger partial charge on any atom is 0.292 e. The number of nitrogens with zero attached hydrogens (tertiary/aromatic N) is 1. The van der Waals surface area contributed by atoms with Crippen molar-refractivity contribution in [1.29, 1.82) is 5.26 Å². The molecule has 126 valence electrons. The summed E-state index contributed by atoms with van der Waals surface area (Å²) in [5.74, 6) is 1.41. The molecule has 0 spiro atoms. The van der Waals surface area contributed by atoms with Gasteiger partial charge in [0.15, 0.2) is 0 Å². The molecule has 1 aliphatic carbocycles. The molecular formula is C21H31NO. The van der Waals surface area contributed by atoms with Gasteiger partial charge in [0.25, 0.3) is 6.26 Å². The highest BCUT2D eigenvalue weighted by molar-refractivity contribution is 5.45. The molecular weight excluding hydrogens is 282 g/mol. The molecule has 1 aliphatic rings. The molecule has 23 heavy (non-hydrogen) atoms. The molecule has 0 radical (unpaired) electrons. The highest BCUT2D eigenvalue weighted by atomic mass is 16.5. The van der Waals surface area contributed by atoms with Crippen LogP contribution in [0.4, 0.5) is 0 Å². The van der Waals surface area contributed by atoms with E-state index < -0.39 is 0 Å². The highest BCUT2D eigenvalue weighted by Gasteiger charge is 2.15. The van der Waals surface area contributed by atoms with E-state index in [-0.39, 0.29) is 0 Å². The Morgan fingerprint density at radius 3 is 1.70 bits per heavy atom. The fourth-order valence-electron chi connectivity index (χ4n) is 3.92. The van der Waals surface area contributed by atoms with Crippen molar-refractivity contribution in [2.75, 3.05) is 0 Å². The lowest BCUT2D eigenvalue weighted by Crippen LogP contribution is -2.03. The molecule has 0 bridgehead atoms. The minimum atomic E-state index is 0.669. The standard InChI is InChI=1S/C21H31NO/c1-17-14-20(15-18(2)21(17)23-16-22)19-12-10-8-6-4-3-5-7-9-11-13-19/h14-15,19H,3-13H2,1-2H3. The number of nitriles is 1. The Bertz CT molecular complexity index is 494. The lowest BCUT2D eigenvalue weighted by Gasteiger charge is -2.20. The molecule has 1 fully saturated rings. The fraction of sp³-hybridized carbons (Fsp3) is 0.667. The van der Waals surface area contributed by atoms with Crippen LogP contribution in [0.1, 0.15) is 93.2 Å². The molecule has 0 N–H and O–H groups in total. The number of hydrogen-bond donors (Lipinski definition) is 0. The second-order valence-corrected chi connectivity index (χ2v) is 7.13. The molecule has 0 aliphatic heterocycles. The van der Waals surface area contributed by atoms with Crippen molar-refractivity contribution in [3.8, 4) is 12.0 Å². The summed E-state index contributed by atoms with van der Waals surface area (Å²) in [6.07, 6.45) is 16.9. The quantitative estimate of drug-likeness (QED) is 0.580. The van der Waals surface area contributed by atoms with Crippen LogP contribution in [0.3, 0.4) is 0 Å². The molecule has 1 saturated carbocycles. The molecule has 1 aromatic rings. The first-order valence-corrected chi connectivity index (χ1v) is 9.39. The summed E-state index contributed by atoms with van der Waals surface area (Å²) in [6, 6.07) is 4.49. The van der Waals surface area contributed by atoms with Gasteiger partial charge in [-0.1, -0.05) is 69.9 Å². The zero-order chi connectivity index (χ0) is 16.5. The minimum Gasteiger partial charge on any atom is -0.387 e. The van der Waals surface area contributed by atoms with E-state index in [9.17, 15) is 0 Å². The van der Waals surface area contributed by atoms with Crippen molar-refractivity contribution in [2.24, 2.45) is 0 Å². The van der Waals surface area contributed by atoms with E-state index in [0.717, 1.165) is 16.9 Å². The van der Waals surface area contributed by atoms with Crippen LogP contribution < -0.4 is 4.74 Å². The van der Waals surface area contributed by atoms with Crippen molar-refractivity contribution in [3.05, 3.63) is 28.8 Å². The second-order valence-electron chi connectivity index (χ2n) is 7.13. The first-order chi connectivity index (χ1) is 11.2. The van der Waals surface area contributed by atoms with Gasteiger partial charge >= 0.3 is 0 Å². The Kier molecular flexibility index (Phi) is 7.46. The van der Waals surface area contributed by atoms with Gasteiger partial charge in [-0.2, -0.15) is 0 Å². The van der Waals surface area contributed by atoms with Crippen LogP contribution >= 0.6 is 0 Å². The lowest BCUT2D eigenvalue weighted by molar-refractivity contribution is 0.465. The van der Waals surface area contributed by atoms with Gasteiger partial charge < -0.3 is 4.74 Å². The molecule has 2 heteroatoms. The third-order valence-electron chi connectivity index (χ3n) is 5.21. The minimum absolute atomic E-state index is 0.669. The van der Waals surface area contributed by atoms with Gasteiger partial charge in [0.05, 0.1) is 0 Å². The van der Waals surface area contributed by atoms with E-state index in [1.165, 1.54) is 76.2 Å². The van der Waals surface area contributed by atoms with E-state index in [1.807, 2.05) is 6.26 Å². The summed E-state index contributed by atoms with van der Waals surface area (Å²) in [4.78, 5) is 0. The zero-order valence-electron chi connectivity index (χ0n) is 14.9. The lowest BCUT2D eigenvalue weighted by atomic mass is 9.86. The van der Waals surface area contributed by atoms with Gasteiger partial charge in [0.1, 0.15) is 5.75 Å². The van der Waals surface area contributed by atoms with Gasteiger partial charge in [-0.25, -0.2) is 0 Å². The van der Waals surface area contributed by atoms with Crippen LogP contribution in [0, 0.1) is 25.4 Å².